The van der Waals surface area contributed by atoms with E-state index in [9.17, 15) is 5.11 Å². The molecule has 5 heteroatoms. The molecular weight excluding hydrogens is 214 g/mol. The van der Waals surface area contributed by atoms with Gasteiger partial charge in [-0.2, -0.15) is 0 Å². The fraction of sp³-hybridized carbons (Fsp3) is 0.300. The van der Waals surface area contributed by atoms with E-state index >= 15 is 0 Å². The lowest BCUT2D eigenvalue weighted by atomic mass is 10.2. The number of hydrogen-bond acceptors (Lipinski definition) is 4. The van der Waals surface area contributed by atoms with E-state index in [1.165, 1.54) is 0 Å². The van der Waals surface area contributed by atoms with Crippen LogP contribution in [0.5, 0.6) is 0 Å². The second kappa shape index (κ2) is 3.12. The van der Waals surface area contributed by atoms with Crippen LogP contribution in [0, 0.1) is 0 Å². The molecule has 1 aromatic heterocycles. The molecule has 1 N–H and O–H groups in total. The van der Waals surface area contributed by atoms with Gasteiger partial charge in [0.1, 0.15) is 17.5 Å². The van der Waals surface area contributed by atoms with Gasteiger partial charge in [0, 0.05) is 18.6 Å². The largest absolute Gasteiger partial charge is 0.372 e. The van der Waals surface area contributed by atoms with Crippen LogP contribution < -0.4 is 0 Å². The number of aromatic nitrogens is 1. The molecule has 4 nitrogen and oxygen atoms in total. The SMILES string of the molecule is OC1CN2C=C(Cl)N1C2c1ccncc1. The maximum atomic E-state index is 9.76. The normalized spacial score (nSPS) is 28.5. The molecule has 0 aromatic carbocycles. The van der Waals surface area contributed by atoms with Crippen LogP contribution in [0.2, 0.25) is 0 Å². The fourth-order valence-corrected chi connectivity index (χ4v) is 2.50. The van der Waals surface area contributed by atoms with Crippen molar-refractivity contribution in [1.29, 1.82) is 0 Å². The maximum Gasteiger partial charge on any atom is 0.147 e. The van der Waals surface area contributed by atoms with Gasteiger partial charge >= 0.3 is 0 Å². The van der Waals surface area contributed by atoms with Gasteiger partial charge < -0.3 is 14.9 Å². The van der Waals surface area contributed by atoms with Crippen molar-refractivity contribution in [2.75, 3.05) is 6.54 Å². The van der Waals surface area contributed by atoms with E-state index < -0.39 is 6.23 Å². The first-order valence-electron chi connectivity index (χ1n) is 4.77. The topological polar surface area (TPSA) is 39.6 Å². The fourth-order valence-electron chi connectivity index (χ4n) is 2.17. The van der Waals surface area contributed by atoms with E-state index in [0.29, 0.717) is 11.7 Å². The van der Waals surface area contributed by atoms with Crippen LogP contribution >= 0.6 is 11.6 Å². The minimum atomic E-state index is -0.513. The van der Waals surface area contributed by atoms with Crippen molar-refractivity contribution in [2.24, 2.45) is 0 Å². The predicted molar refractivity (Wildman–Crippen MR) is 55.5 cm³/mol. The number of halogens is 1. The van der Waals surface area contributed by atoms with Gasteiger partial charge in [-0.1, -0.05) is 11.6 Å². The van der Waals surface area contributed by atoms with Crippen molar-refractivity contribution >= 4 is 11.6 Å². The van der Waals surface area contributed by atoms with Crippen LogP contribution in [0.25, 0.3) is 0 Å². The Labute approximate surface area is 92.4 Å². The zero-order valence-electron chi connectivity index (χ0n) is 7.92. The third kappa shape index (κ3) is 1.22. The van der Waals surface area contributed by atoms with Gasteiger partial charge in [0.15, 0.2) is 0 Å². The van der Waals surface area contributed by atoms with Crippen LogP contribution in [0.15, 0.2) is 35.9 Å². The molecule has 3 rings (SSSR count). The summed E-state index contributed by atoms with van der Waals surface area (Å²) >= 11 is 6.02. The Kier molecular flexibility index (Phi) is 1.87. The zero-order valence-corrected chi connectivity index (χ0v) is 8.67. The number of nitrogens with zero attached hydrogens (tertiary/aromatic N) is 3. The molecule has 1 fully saturated rings. The van der Waals surface area contributed by atoms with Crippen molar-refractivity contribution < 1.29 is 5.11 Å². The number of hydrogen-bond donors (Lipinski definition) is 1. The summed E-state index contributed by atoms with van der Waals surface area (Å²) in [4.78, 5) is 7.81. The Morgan fingerprint density at radius 1 is 1.40 bits per heavy atom. The molecule has 0 amide bonds. The summed E-state index contributed by atoms with van der Waals surface area (Å²) in [6.45, 7) is 0.600. The van der Waals surface area contributed by atoms with E-state index in [1.54, 1.807) is 17.3 Å². The highest BCUT2D eigenvalue weighted by Gasteiger charge is 2.43. The highest BCUT2D eigenvalue weighted by molar-refractivity contribution is 6.29. The van der Waals surface area contributed by atoms with Crippen molar-refractivity contribution in [3.8, 4) is 0 Å². The van der Waals surface area contributed by atoms with Crippen LogP contribution in [-0.4, -0.2) is 32.7 Å². The molecule has 0 spiro atoms. The van der Waals surface area contributed by atoms with Gasteiger partial charge in [-0.25, -0.2) is 0 Å². The van der Waals surface area contributed by atoms with Gasteiger partial charge in [0.2, 0.25) is 0 Å². The molecular formula is C10H10ClN3O. The molecule has 0 saturated carbocycles. The van der Waals surface area contributed by atoms with E-state index in [1.807, 2.05) is 23.2 Å². The summed E-state index contributed by atoms with van der Waals surface area (Å²) < 4.78 is 0. The highest BCUT2D eigenvalue weighted by atomic mass is 35.5. The highest BCUT2D eigenvalue weighted by Crippen LogP contribution is 2.42. The maximum absolute atomic E-state index is 9.76. The van der Waals surface area contributed by atoms with Crippen LogP contribution in [0.4, 0.5) is 0 Å². The molecule has 2 aliphatic rings. The average molecular weight is 224 g/mol. The van der Waals surface area contributed by atoms with E-state index in [0.717, 1.165) is 5.56 Å². The van der Waals surface area contributed by atoms with Gasteiger partial charge in [0.05, 0.1) is 6.54 Å². The molecule has 0 radical (unpaired) electrons. The summed E-state index contributed by atoms with van der Waals surface area (Å²) in [7, 11) is 0. The molecule has 2 aliphatic heterocycles. The summed E-state index contributed by atoms with van der Waals surface area (Å²) in [5.74, 6) is 0. The molecule has 78 valence electrons. The Balaban J connectivity index is 1.98. The predicted octanol–water partition coefficient (Wildman–Crippen LogP) is 1.07. The third-order valence-corrected chi connectivity index (χ3v) is 3.09. The lowest BCUT2D eigenvalue weighted by Crippen LogP contribution is -2.29. The number of aliphatic hydroxyl groups excluding tert-OH is 1. The molecule has 2 unspecified atom stereocenters. The van der Waals surface area contributed by atoms with Gasteiger partial charge in [-0.05, 0) is 17.7 Å². The first-order valence-corrected chi connectivity index (χ1v) is 5.14. The number of aliphatic hydroxyl groups is 1. The molecule has 2 atom stereocenters. The number of rotatable bonds is 1. The Bertz CT molecular complexity index is 408. The van der Waals surface area contributed by atoms with Crippen molar-refractivity contribution in [2.45, 2.75) is 12.4 Å². The number of pyridine rings is 1. The Morgan fingerprint density at radius 3 is 2.73 bits per heavy atom. The van der Waals surface area contributed by atoms with E-state index in [4.69, 9.17) is 11.6 Å². The molecule has 3 heterocycles. The van der Waals surface area contributed by atoms with Crippen molar-refractivity contribution in [1.82, 2.24) is 14.8 Å². The summed E-state index contributed by atoms with van der Waals surface area (Å²) in [6.07, 6.45) is 4.86. The lowest BCUT2D eigenvalue weighted by molar-refractivity contribution is 0.0594. The summed E-state index contributed by atoms with van der Waals surface area (Å²) in [5.41, 5.74) is 1.09. The zero-order chi connectivity index (χ0) is 10.4. The Hall–Kier alpha value is -1.26. The molecule has 15 heavy (non-hydrogen) atoms. The van der Waals surface area contributed by atoms with Gasteiger partial charge in [0.25, 0.3) is 0 Å². The van der Waals surface area contributed by atoms with Crippen LogP contribution in [-0.2, 0) is 0 Å². The lowest BCUT2D eigenvalue weighted by Gasteiger charge is -2.24. The smallest absolute Gasteiger partial charge is 0.147 e. The van der Waals surface area contributed by atoms with Crippen molar-refractivity contribution in [3.05, 3.63) is 41.4 Å². The van der Waals surface area contributed by atoms with Crippen LogP contribution in [0.1, 0.15) is 11.7 Å². The molecule has 1 aromatic rings. The van der Waals surface area contributed by atoms with Gasteiger partial charge in [-0.3, -0.25) is 4.98 Å². The Morgan fingerprint density at radius 2 is 2.13 bits per heavy atom. The van der Waals surface area contributed by atoms with E-state index in [2.05, 4.69) is 4.98 Å². The second-order valence-electron chi connectivity index (χ2n) is 3.69. The molecule has 0 aliphatic carbocycles. The van der Waals surface area contributed by atoms with Crippen molar-refractivity contribution in [3.63, 3.8) is 0 Å². The molecule has 2 bridgehead atoms. The van der Waals surface area contributed by atoms with Gasteiger partial charge in [-0.15, -0.1) is 0 Å². The minimum absolute atomic E-state index is 0.0236. The quantitative estimate of drug-likeness (QED) is 0.723. The van der Waals surface area contributed by atoms with E-state index in [-0.39, 0.29) is 6.17 Å². The first-order chi connectivity index (χ1) is 7.27. The molecule has 1 saturated heterocycles. The second-order valence-corrected chi connectivity index (χ2v) is 4.08. The number of fused-ring (bicyclic) bond motifs is 2. The third-order valence-electron chi connectivity index (χ3n) is 2.80. The summed E-state index contributed by atoms with van der Waals surface area (Å²) in [5, 5.41) is 10.4. The minimum Gasteiger partial charge on any atom is -0.372 e. The monoisotopic (exact) mass is 223 g/mol. The summed E-state index contributed by atoms with van der Waals surface area (Å²) in [6, 6.07) is 3.87. The first kappa shape index (κ1) is 9.00. The average Bonchev–Trinajstić information content (AvgIpc) is 2.71. The standard InChI is InChI=1S/C10H10ClN3O/c11-8-5-13-6-9(15)14(8)10(13)7-1-3-12-4-2-7/h1-5,9-10,15H,6H2. The van der Waals surface area contributed by atoms with Crippen LogP contribution in [0.3, 0.4) is 0 Å².